The van der Waals surface area contributed by atoms with Crippen LogP contribution in [-0.2, 0) is 17.1 Å². The molecule has 0 saturated carbocycles. The SMILES string of the molecule is COC(=O)Oc1cccc(CS)c1COc1cc(C)c(C)cc1C. The van der Waals surface area contributed by atoms with Crippen molar-refractivity contribution in [3.63, 3.8) is 0 Å². The lowest BCUT2D eigenvalue weighted by Gasteiger charge is -2.16. The summed E-state index contributed by atoms with van der Waals surface area (Å²) in [7, 11) is 1.28. The first kappa shape index (κ1) is 18.2. The zero-order valence-electron chi connectivity index (χ0n) is 14.4. The van der Waals surface area contributed by atoms with E-state index in [-0.39, 0.29) is 6.61 Å². The van der Waals surface area contributed by atoms with Crippen LogP contribution < -0.4 is 9.47 Å². The number of carbonyl (C=O) groups excluding carboxylic acids is 1. The molecule has 0 saturated heterocycles. The number of thiol groups is 1. The summed E-state index contributed by atoms with van der Waals surface area (Å²) in [4.78, 5) is 11.4. The molecule has 0 aliphatic rings. The summed E-state index contributed by atoms with van der Waals surface area (Å²) in [6.45, 7) is 6.42. The van der Waals surface area contributed by atoms with Gasteiger partial charge in [0.05, 0.1) is 7.11 Å². The minimum absolute atomic E-state index is 0.284. The van der Waals surface area contributed by atoms with Crippen molar-refractivity contribution < 1.29 is 19.0 Å². The highest BCUT2D eigenvalue weighted by molar-refractivity contribution is 7.79. The molecular formula is C19H22O4S. The van der Waals surface area contributed by atoms with Gasteiger partial charge in [-0.3, -0.25) is 0 Å². The van der Waals surface area contributed by atoms with E-state index < -0.39 is 6.16 Å². The lowest BCUT2D eigenvalue weighted by molar-refractivity contribution is 0.120. The number of ether oxygens (including phenoxy) is 3. The van der Waals surface area contributed by atoms with Crippen LogP contribution in [-0.4, -0.2) is 13.3 Å². The fourth-order valence-corrected chi connectivity index (χ4v) is 2.69. The topological polar surface area (TPSA) is 44.8 Å². The summed E-state index contributed by atoms with van der Waals surface area (Å²) in [6, 6.07) is 9.59. The van der Waals surface area contributed by atoms with E-state index in [1.807, 2.05) is 25.1 Å². The van der Waals surface area contributed by atoms with Crippen LogP contribution in [0.3, 0.4) is 0 Å². The van der Waals surface area contributed by atoms with Crippen LogP contribution in [0.2, 0.25) is 0 Å². The first-order chi connectivity index (χ1) is 11.5. The lowest BCUT2D eigenvalue weighted by Crippen LogP contribution is -2.11. The Hall–Kier alpha value is -2.14. The molecule has 0 fully saturated rings. The normalized spacial score (nSPS) is 10.4. The molecule has 0 amide bonds. The van der Waals surface area contributed by atoms with Gasteiger partial charge in [-0.05, 0) is 55.2 Å². The molecule has 2 rings (SSSR count). The monoisotopic (exact) mass is 346 g/mol. The molecule has 0 radical (unpaired) electrons. The lowest BCUT2D eigenvalue weighted by atomic mass is 10.1. The second-order valence-electron chi connectivity index (χ2n) is 5.60. The molecule has 128 valence electrons. The molecule has 0 aliphatic carbocycles. The van der Waals surface area contributed by atoms with E-state index in [1.165, 1.54) is 18.2 Å². The Labute approximate surface area is 148 Å². The van der Waals surface area contributed by atoms with Crippen molar-refractivity contribution in [2.75, 3.05) is 7.11 Å². The smallest absolute Gasteiger partial charge is 0.488 e. The van der Waals surface area contributed by atoms with Gasteiger partial charge in [0, 0.05) is 11.3 Å². The summed E-state index contributed by atoms with van der Waals surface area (Å²) < 4.78 is 15.8. The average molecular weight is 346 g/mol. The highest BCUT2D eigenvalue weighted by Gasteiger charge is 2.14. The Morgan fingerprint density at radius 3 is 2.42 bits per heavy atom. The van der Waals surface area contributed by atoms with Gasteiger partial charge in [0.25, 0.3) is 0 Å². The van der Waals surface area contributed by atoms with Crippen LogP contribution in [0.5, 0.6) is 11.5 Å². The number of methoxy groups -OCH3 is 1. The van der Waals surface area contributed by atoms with Crippen molar-refractivity contribution in [3.05, 3.63) is 58.1 Å². The highest BCUT2D eigenvalue weighted by atomic mass is 32.1. The molecule has 5 heteroatoms. The molecule has 4 nitrogen and oxygen atoms in total. The minimum atomic E-state index is -0.755. The van der Waals surface area contributed by atoms with Crippen molar-refractivity contribution in [1.82, 2.24) is 0 Å². The molecule has 0 unspecified atom stereocenters. The number of carbonyl (C=O) groups is 1. The Bertz CT molecular complexity index is 740. The van der Waals surface area contributed by atoms with Crippen molar-refractivity contribution in [2.24, 2.45) is 0 Å². The summed E-state index contributed by atoms with van der Waals surface area (Å²) in [6.07, 6.45) is -0.755. The molecule has 0 spiro atoms. The molecule has 0 aliphatic heterocycles. The van der Waals surface area contributed by atoms with Crippen molar-refractivity contribution in [1.29, 1.82) is 0 Å². The van der Waals surface area contributed by atoms with E-state index in [0.717, 1.165) is 22.4 Å². The largest absolute Gasteiger partial charge is 0.513 e. The van der Waals surface area contributed by atoms with E-state index in [0.29, 0.717) is 11.5 Å². The number of rotatable bonds is 5. The van der Waals surface area contributed by atoms with Gasteiger partial charge in [0.2, 0.25) is 0 Å². The summed E-state index contributed by atoms with van der Waals surface area (Å²) in [5.74, 6) is 1.76. The maximum atomic E-state index is 11.4. The predicted octanol–water partition coefficient (Wildman–Crippen LogP) is 4.77. The number of aryl methyl sites for hydroxylation is 3. The first-order valence-electron chi connectivity index (χ1n) is 7.64. The van der Waals surface area contributed by atoms with E-state index in [4.69, 9.17) is 9.47 Å². The van der Waals surface area contributed by atoms with Crippen LogP contribution in [0.1, 0.15) is 27.8 Å². The Balaban J connectivity index is 2.28. The average Bonchev–Trinajstić information content (AvgIpc) is 2.57. The third-order valence-electron chi connectivity index (χ3n) is 3.92. The Kier molecular flexibility index (Phi) is 6.15. The van der Waals surface area contributed by atoms with Gasteiger partial charge in [0.15, 0.2) is 0 Å². The van der Waals surface area contributed by atoms with Gasteiger partial charge in [-0.15, -0.1) is 0 Å². The van der Waals surface area contributed by atoms with Gasteiger partial charge in [-0.25, -0.2) is 4.79 Å². The van der Waals surface area contributed by atoms with Gasteiger partial charge < -0.3 is 14.2 Å². The molecule has 0 N–H and O–H groups in total. The van der Waals surface area contributed by atoms with Crippen LogP contribution in [0, 0.1) is 20.8 Å². The quantitative estimate of drug-likeness (QED) is 0.481. The van der Waals surface area contributed by atoms with Crippen molar-refractivity contribution in [3.8, 4) is 11.5 Å². The zero-order chi connectivity index (χ0) is 17.7. The van der Waals surface area contributed by atoms with Gasteiger partial charge in [0.1, 0.15) is 18.1 Å². The van der Waals surface area contributed by atoms with Crippen LogP contribution in [0.15, 0.2) is 30.3 Å². The van der Waals surface area contributed by atoms with E-state index in [2.05, 4.69) is 37.3 Å². The van der Waals surface area contributed by atoms with E-state index >= 15 is 0 Å². The molecule has 2 aromatic rings. The fourth-order valence-electron chi connectivity index (χ4n) is 2.39. The van der Waals surface area contributed by atoms with Crippen molar-refractivity contribution in [2.45, 2.75) is 33.1 Å². The number of hydrogen-bond donors (Lipinski definition) is 1. The molecule has 0 atom stereocenters. The molecule has 0 bridgehead atoms. The fraction of sp³-hybridized carbons (Fsp3) is 0.316. The maximum absolute atomic E-state index is 11.4. The summed E-state index contributed by atoms with van der Waals surface area (Å²) >= 11 is 4.34. The third kappa shape index (κ3) is 4.23. The number of benzene rings is 2. The second-order valence-corrected chi connectivity index (χ2v) is 5.91. The molecule has 2 aromatic carbocycles. The van der Waals surface area contributed by atoms with Crippen LogP contribution >= 0.6 is 12.6 Å². The number of hydrogen-bond acceptors (Lipinski definition) is 5. The standard InChI is InChI=1S/C19H22O4S/c1-12-8-14(3)18(9-13(12)2)22-10-16-15(11-24)6-5-7-17(16)23-19(20)21-4/h5-9,24H,10-11H2,1-4H3. The Morgan fingerprint density at radius 1 is 1.04 bits per heavy atom. The zero-order valence-corrected chi connectivity index (χ0v) is 15.3. The second kappa shape index (κ2) is 8.11. The van der Waals surface area contributed by atoms with Crippen LogP contribution in [0.4, 0.5) is 4.79 Å². The van der Waals surface area contributed by atoms with E-state index in [1.54, 1.807) is 6.07 Å². The molecule has 0 heterocycles. The maximum Gasteiger partial charge on any atom is 0.513 e. The predicted molar refractivity (Wildman–Crippen MR) is 97.2 cm³/mol. The highest BCUT2D eigenvalue weighted by Crippen LogP contribution is 2.28. The van der Waals surface area contributed by atoms with Gasteiger partial charge in [-0.1, -0.05) is 18.2 Å². The van der Waals surface area contributed by atoms with Gasteiger partial charge in [-0.2, -0.15) is 12.6 Å². The minimum Gasteiger partial charge on any atom is -0.488 e. The van der Waals surface area contributed by atoms with Gasteiger partial charge >= 0.3 is 6.16 Å². The van der Waals surface area contributed by atoms with E-state index in [9.17, 15) is 4.79 Å². The molecule has 0 aromatic heterocycles. The Morgan fingerprint density at radius 2 is 1.75 bits per heavy atom. The third-order valence-corrected chi connectivity index (χ3v) is 4.26. The summed E-state index contributed by atoms with van der Waals surface area (Å²) in [5, 5.41) is 0. The van der Waals surface area contributed by atoms with Crippen molar-refractivity contribution >= 4 is 18.8 Å². The van der Waals surface area contributed by atoms with Crippen LogP contribution in [0.25, 0.3) is 0 Å². The molecule has 24 heavy (non-hydrogen) atoms. The summed E-state index contributed by atoms with van der Waals surface area (Å²) in [5.41, 5.74) is 5.20. The molecular weight excluding hydrogens is 324 g/mol. The first-order valence-corrected chi connectivity index (χ1v) is 8.27.